The van der Waals surface area contributed by atoms with Crippen molar-refractivity contribution in [3.8, 4) is 11.5 Å². The number of benzene rings is 3. The van der Waals surface area contributed by atoms with E-state index in [1.165, 1.54) is 0 Å². The molecule has 5 heteroatoms. The van der Waals surface area contributed by atoms with Crippen LogP contribution in [0.5, 0.6) is 11.5 Å². The van der Waals surface area contributed by atoms with E-state index in [4.69, 9.17) is 8.92 Å². The van der Waals surface area contributed by atoms with Crippen molar-refractivity contribution in [3.63, 3.8) is 0 Å². The van der Waals surface area contributed by atoms with Gasteiger partial charge in [-0.3, -0.25) is 8.91 Å². The van der Waals surface area contributed by atoms with Gasteiger partial charge in [-0.15, -0.1) is 0 Å². The number of nitrogens with one attached hydrogen (secondary N) is 1. The van der Waals surface area contributed by atoms with Gasteiger partial charge in [0.25, 0.3) is 11.3 Å². The number of aryl methyl sites for hydroxylation is 1. The molecule has 0 aliphatic rings. The Bertz CT molecular complexity index is 905. The lowest BCUT2D eigenvalue weighted by atomic mass is 10.1. The highest BCUT2D eigenvalue weighted by atomic mass is 32.2. The third-order valence-corrected chi connectivity index (χ3v) is 4.82. The number of hydrogen-bond acceptors (Lipinski definition) is 3. The van der Waals surface area contributed by atoms with E-state index in [0.717, 1.165) is 46.4 Å². The quantitative estimate of drug-likeness (QED) is 0.514. The van der Waals surface area contributed by atoms with Gasteiger partial charge in [0.05, 0.1) is 6.61 Å². The van der Waals surface area contributed by atoms with E-state index >= 15 is 0 Å². The van der Waals surface area contributed by atoms with Crippen LogP contribution in [0.15, 0.2) is 60.7 Å². The first-order valence-electron chi connectivity index (χ1n) is 8.75. The van der Waals surface area contributed by atoms with Crippen molar-refractivity contribution >= 4 is 27.7 Å². The van der Waals surface area contributed by atoms with Gasteiger partial charge in [-0.05, 0) is 48.6 Å². The Hall–Kier alpha value is -2.37. The first-order chi connectivity index (χ1) is 12.7. The number of anilines is 1. The summed E-state index contributed by atoms with van der Waals surface area (Å²) in [6.07, 6.45) is 1.90. The van der Waals surface area contributed by atoms with Gasteiger partial charge in [0.2, 0.25) is 0 Å². The zero-order chi connectivity index (χ0) is 18.4. The zero-order valence-electron chi connectivity index (χ0n) is 15.0. The third-order valence-electron chi connectivity index (χ3n) is 4.03. The summed E-state index contributed by atoms with van der Waals surface area (Å²) in [6.45, 7) is 4.52. The maximum absolute atomic E-state index is 11.9. The Morgan fingerprint density at radius 3 is 2.62 bits per heavy atom. The van der Waals surface area contributed by atoms with Crippen LogP contribution in [-0.4, -0.2) is 10.8 Å². The van der Waals surface area contributed by atoms with Crippen molar-refractivity contribution in [3.05, 3.63) is 66.2 Å². The van der Waals surface area contributed by atoms with E-state index in [-0.39, 0.29) is 0 Å². The molecule has 0 spiro atoms. The Morgan fingerprint density at radius 1 is 1.00 bits per heavy atom. The van der Waals surface area contributed by atoms with Crippen molar-refractivity contribution in [2.24, 2.45) is 0 Å². The molecule has 1 N–H and O–H groups in total. The zero-order valence-corrected chi connectivity index (χ0v) is 15.8. The molecule has 0 saturated heterocycles. The van der Waals surface area contributed by atoms with Crippen LogP contribution in [0.4, 0.5) is 5.69 Å². The van der Waals surface area contributed by atoms with Gasteiger partial charge in [-0.2, -0.15) is 0 Å². The van der Waals surface area contributed by atoms with Crippen LogP contribution in [0.2, 0.25) is 0 Å². The highest BCUT2D eigenvalue weighted by Gasteiger charge is 2.08. The summed E-state index contributed by atoms with van der Waals surface area (Å²) in [5, 5.41) is 2.21. The Morgan fingerprint density at radius 2 is 1.81 bits per heavy atom. The molecule has 3 aromatic carbocycles. The number of unbranched alkanes of at least 4 members (excludes halogenated alkanes) is 1. The number of ether oxygens (including phenoxy) is 1. The molecule has 136 valence electrons. The highest BCUT2D eigenvalue weighted by molar-refractivity contribution is 7.81. The largest absolute Gasteiger partial charge is 0.456 e. The van der Waals surface area contributed by atoms with E-state index < -0.39 is 11.3 Å². The molecule has 0 aliphatic heterocycles. The van der Waals surface area contributed by atoms with Crippen LogP contribution < -0.4 is 9.46 Å². The fraction of sp³-hybridized carbons (Fsp3) is 0.238. The van der Waals surface area contributed by atoms with E-state index in [9.17, 15) is 4.21 Å². The fourth-order valence-corrected chi connectivity index (χ4v) is 3.28. The molecule has 26 heavy (non-hydrogen) atoms. The maximum atomic E-state index is 11.9. The molecule has 0 radical (unpaired) electrons. The van der Waals surface area contributed by atoms with Crippen LogP contribution in [0, 0.1) is 6.92 Å². The smallest absolute Gasteiger partial charge is 0.261 e. The molecule has 0 bridgehead atoms. The SMILES string of the molecule is CCCCOS(=O)Nc1ccc(Oc2cccc3ccccc23)c(C)c1. The molecule has 1 atom stereocenters. The molecular formula is C21H23NO3S. The average molecular weight is 369 g/mol. The Kier molecular flexibility index (Phi) is 6.26. The van der Waals surface area contributed by atoms with Gasteiger partial charge in [-0.25, -0.2) is 4.21 Å². The minimum atomic E-state index is -1.53. The van der Waals surface area contributed by atoms with Gasteiger partial charge < -0.3 is 4.74 Å². The number of fused-ring (bicyclic) bond motifs is 1. The monoisotopic (exact) mass is 369 g/mol. The van der Waals surface area contributed by atoms with E-state index in [2.05, 4.69) is 23.8 Å². The van der Waals surface area contributed by atoms with Crippen molar-refractivity contribution in [1.29, 1.82) is 0 Å². The van der Waals surface area contributed by atoms with Crippen molar-refractivity contribution in [1.82, 2.24) is 0 Å². The summed E-state index contributed by atoms with van der Waals surface area (Å²) in [5.41, 5.74) is 1.69. The number of hydrogen-bond donors (Lipinski definition) is 1. The Balaban J connectivity index is 1.72. The normalized spacial score (nSPS) is 12.1. The van der Waals surface area contributed by atoms with Crippen molar-refractivity contribution < 1.29 is 13.1 Å². The van der Waals surface area contributed by atoms with Crippen LogP contribution in [0.3, 0.4) is 0 Å². The van der Waals surface area contributed by atoms with Crippen LogP contribution in [0.1, 0.15) is 25.3 Å². The molecule has 3 aromatic rings. The predicted molar refractivity (Wildman–Crippen MR) is 108 cm³/mol. The molecule has 0 saturated carbocycles. The molecule has 4 nitrogen and oxygen atoms in total. The van der Waals surface area contributed by atoms with Crippen LogP contribution in [0.25, 0.3) is 10.8 Å². The van der Waals surface area contributed by atoms with E-state index in [1.54, 1.807) is 0 Å². The van der Waals surface area contributed by atoms with Crippen molar-refractivity contribution in [2.45, 2.75) is 26.7 Å². The molecule has 0 fully saturated rings. The first kappa shape index (κ1) is 18.4. The molecule has 0 heterocycles. The second-order valence-electron chi connectivity index (χ2n) is 6.07. The lowest BCUT2D eigenvalue weighted by Gasteiger charge is -2.13. The molecule has 3 rings (SSSR count). The van der Waals surface area contributed by atoms with E-state index in [0.29, 0.717) is 6.61 Å². The summed E-state index contributed by atoms with van der Waals surface area (Å²) >= 11 is -1.53. The first-order valence-corrected chi connectivity index (χ1v) is 9.83. The summed E-state index contributed by atoms with van der Waals surface area (Å²) < 4.78 is 26.1. The molecular weight excluding hydrogens is 346 g/mol. The predicted octanol–water partition coefficient (Wildman–Crippen LogP) is 5.75. The fourth-order valence-electron chi connectivity index (χ4n) is 2.64. The lowest BCUT2D eigenvalue weighted by molar-refractivity contribution is 0.340. The van der Waals surface area contributed by atoms with Crippen LogP contribution >= 0.6 is 0 Å². The van der Waals surface area contributed by atoms with Gasteiger partial charge in [0.15, 0.2) is 0 Å². The highest BCUT2D eigenvalue weighted by Crippen LogP contribution is 2.32. The summed E-state index contributed by atoms with van der Waals surface area (Å²) in [5.74, 6) is 1.59. The Labute approximate surface area is 156 Å². The minimum Gasteiger partial charge on any atom is -0.456 e. The van der Waals surface area contributed by atoms with E-state index in [1.807, 2.05) is 55.5 Å². The molecule has 1 unspecified atom stereocenters. The van der Waals surface area contributed by atoms with Gasteiger partial charge >= 0.3 is 0 Å². The topological polar surface area (TPSA) is 47.6 Å². The number of rotatable bonds is 8. The lowest BCUT2D eigenvalue weighted by Crippen LogP contribution is -2.09. The molecule has 0 aromatic heterocycles. The third kappa shape index (κ3) is 4.62. The standard InChI is InChI=1S/C21H23NO3S/c1-3-4-14-24-26(23)22-18-12-13-20(16(2)15-18)25-21-11-7-9-17-8-5-6-10-19(17)21/h5-13,15,22H,3-4,14H2,1-2H3. The minimum absolute atomic E-state index is 0.484. The summed E-state index contributed by atoms with van der Waals surface area (Å²) in [7, 11) is 0. The van der Waals surface area contributed by atoms with Gasteiger partial charge in [-0.1, -0.05) is 49.7 Å². The van der Waals surface area contributed by atoms with Gasteiger partial charge in [0, 0.05) is 11.1 Å². The second-order valence-corrected chi connectivity index (χ2v) is 6.98. The second kappa shape index (κ2) is 8.83. The average Bonchev–Trinajstić information content (AvgIpc) is 2.64. The summed E-state index contributed by atoms with van der Waals surface area (Å²) in [4.78, 5) is 0. The molecule has 0 aliphatic carbocycles. The molecule has 0 amide bonds. The van der Waals surface area contributed by atoms with Gasteiger partial charge in [0.1, 0.15) is 11.5 Å². The van der Waals surface area contributed by atoms with Crippen molar-refractivity contribution in [2.75, 3.05) is 11.3 Å². The summed E-state index contributed by atoms with van der Waals surface area (Å²) in [6, 6.07) is 19.8. The van der Waals surface area contributed by atoms with Crippen LogP contribution in [-0.2, 0) is 15.4 Å². The maximum Gasteiger partial charge on any atom is 0.261 e.